The topological polar surface area (TPSA) is 71.1 Å². The molecule has 0 saturated carbocycles. The van der Waals surface area contributed by atoms with Crippen LogP contribution in [0.3, 0.4) is 0 Å². The fraction of sp³-hybridized carbons (Fsp3) is 0.250. The van der Waals surface area contributed by atoms with Crippen molar-refractivity contribution in [3.05, 3.63) is 58.6 Å². The van der Waals surface area contributed by atoms with Crippen molar-refractivity contribution in [1.29, 1.82) is 0 Å². The lowest BCUT2D eigenvalue weighted by atomic mass is 10.2. The molecule has 2 aromatic rings. The van der Waals surface area contributed by atoms with E-state index in [1.807, 2.05) is 24.3 Å². The van der Waals surface area contributed by atoms with Gasteiger partial charge in [0, 0.05) is 42.7 Å². The Labute approximate surface area is 149 Å². The summed E-state index contributed by atoms with van der Waals surface area (Å²) >= 11 is 11.6. The normalized spacial score (nSPS) is 10.9. The second kappa shape index (κ2) is 9.20. The van der Waals surface area contributed by atoms with Gasteiger partial charge in [0.25, 0.3) is 5.69 Å². The molecule has 0 aliphatic rings. The van der Waals surface area contributed by atoms with Gasteiger partial charge in [-0.15, -0.1) is 23.2 Å². The number of azo groups is 1. The minimum absolute atomic E-state index is 0.0250. The zero-order chi connectivity index (χ0) is 17.4. The molecule has 0 aliphatic carbocycles. The Balaban J connectivity index is 2.06. The van der Waals surface area contributed by atoms with Crippen LogP contribution in [0.5, 0.6) is 0 Å². The highest BCUT2D eigenvalue weighted by Crippen LogP contribution is 2.23. The van der Waals surface area contributed by atoms with Crippen LogP contribution in [-0.2, 0) is 0 Å². The first-order valence-electron chi connectivity index (χ1n) is 7.27. The summed E-state index contributed by atoms with van der Waals surface area (Å²) in [5, 5.41) is 18.8. The average Bonchev–Trinajstić information content (AvgIpc) is 2.60. The molecule has 0 saturated heterocycles. The highest BCUT2D eigenvalue weighted by Gasteiger charge is 2.05. The second-order valence-corrected chi connectivity index (χ2v) is 5.61. The van der Waals surface area contributed by atoms with Gasteiger partial charge >= 0.3 is 0 Å². The quantitative estimate of drug-likeness (QED) is 0.275. The largest absolute Gasteiger partial charge is 0.369 e. The summed E-state index contributed by atoms with van der Waals surface area (Å²) in [5.41, 5.74) is 2.28. The van der Waals surface area contributed by atoms with Gasteiger partial charge in [-0.05, 0) is 36.4 Å². The van der Waals surface area contributed by atoms with Crippen LogP contribution in [0.15, 0.2) is 58.8 Å². The molecule has 0 aliphatic heterocycles. The van der Waals surface area contributed by atoms with Crippen molar-refractivity contribution in [2.75, 3.05) is 29.7 Å². The molecule has 2 aromatic carbocycles. The number of benzene rings is 2. The van der Waals surface area contributed by atoms with E-state index >= 15 is 0 Å². The van der Waals surface area contributed by atoms with Gasteiger partial charge in [-0.2, -0.15) is 10.2 Å². The van der Waals surface area contributed by atoms with Gasteiger partial charge in [-0.1, -0.05) is 0 Å². The molecule has 8 heteroatoms. The first-order valence-corrected chi connectivity index (χ1v) is 8.34. The minimum Gasteiger partial charge on any atom is -0.369 e. The number of halogens is 2. The van der Waals surface area contributed by atoms with Crippen LogP contribution in [0, 0.1) is 10.1 Å². The molecule has 0 unspecified atom stereocenters. The maximum absolute atomic E-state index is 10.6. The molecule has 24 heavy (non-hydrogen) atoms. The van der Waals surface area contributed by atoms with E-state index in [2.05, 4.69) is 15.1 Å². The van der Waals surface area contributed by atoms with Crippen LogP contribution < -0.4 is 4.90 Å². The van der Waals surface area contributed by atoms with E-state index in [-0.39, 0.29) is 5.69 Å². The summed E-state index contributed by atoms with van der Waals surface area (Å²) in [6, 6.07) is 13.5. The lowest BCUT2D eigenvalue weighted by molar-refractivity contribution is -0.384. The molecular formula is C16H16Cl2N4O2. The van der Waals surface area contributed by atoms with Crippen LogP contribution in [0.2, 0.25) is 0 Å². The first kappa shape index (κ1) is 18.2. The Morgan fingerprint density at radius 3 is 1.75 bits per heavy atom. The SMILES string of the molecule is O=[N+]([O-])c1ccc(N=Nc2ccc(N(CCCl)CCCl)cc2)cc1. The molecule has 0 fully saturated rings. The van der Waals surface area contributed by atoms with Crippen molar-refractivity contribution in [2.24, 2.45) is 10.2 Å². The van der Waals surface area contributed by atoms with Gasteiger partial charge in [0.15, 0.2) is 0 Å². The molecule has 0 amide bonds. The van der Waals surface area contributed by atoms with Crippen molar-refractivity contribution in [1.82, 2.24) is 0 Å². The Morgan fingerprint density at radius 2 is 1.33 bits per heavy atom. The van der Waals surface area contributed by atoms with Crippen molar-refractivity contribution in [3.63, 3.8) is 0 Å². The Morgan fingerprint density at radius 1 is 0.875 bits per heavy atom. The fourth-order valence-corrected chi connectivity index (χ4v) is 2.47. The number of nitro groups is 1. The smallest absolute Gasteiger partial charge is 0.269 e. The number of alkyl halides is 2. The minimum atomic E-state index is -0.451. The van der Waals surface area contributed by atoms with E-state index in [4.69, 9.17) is 23.2 Å². The van der Waals surface area contributed by atoms with Crippen molar-refractivity contribution < 1.29 is 4.92 Å². The fourth-order valence-electron chi connectivity index (χ4n) is 2.06. The second-order valence-electron chi connectivity index (χ2n) is 4.85. The Hall–Kier alpha value is -2.18. The number of nitrogens with zero attached hydrogens (tertiary/aromatic N) is 4. The predicted molar refractivity (Wildman–Crippen MR) is 97.4 cm³/mol. The van der Waals surface area contributed by atoms with Gasteiger partial charge in [0.05, 0.1) is 16.3 Å². The van der Waals surface area contributed by atoms with Crippen LogP contribution in [0.1, 0.15) is 0 Å². The first-order chi connectivity index (χ1) is 11.6. The third-order valence-electron chi connectivity index (χ3n) is 3.27. The molecule has 2 rings (SSSR count). The van der Waals surface area contributed by atoms with Crippen molar-refractivity contribution >= 4 is 46.0 Å². The van der Waals surface area contributed by atoms with E-state index in [1.54, 1.807) is 12.1 Å². The number of hydrogen-bond acceptors (Lipinski definition) is 5. The zero-order valence-corrected chi connectivity index (χ0v) is 14.3. The van der Waals surface area contributed by atoms with Gasteiger partial charge in [-0.25, -0.2) is 0 Å². The summed E-state index contributed by atoms with van der Waals surface area (Å²) in [7, 11) is 0. The Kier molecular flexibility index (Phi) is 6.96. The lowest BCUT2D eigenvalue weighted by Gasteiger charge is -2.22. The van der Waals surface area contributed by atoms with E-state index in [0.717, 1.165) is 18.8 Å². The predicted octanol–water partition coefficient (Wildman–Crippen LogP) is 5.29. The summed E-state index contributed by atoms with van der Waals surface area (Å²) in [6.45, 7) is 1.44. The van der Waals surface area contributed by atoms with Gasteiger partial charge in [0.1, 0.15) is 0 Å². The molecule has 0 spiro atoms. The number of hydrogen-bond donors (Lipinski definition) is 0. The highest BCUT2D eigenvalue weighted by atomic mass is 35.5. The third kappa shape index (κ3) is 5.18. The van der Waals surface area contributed by atoms with E-state index in [1.165, 1.54) is 12.1 Å². The maximum Gasteiger partial charge on any atom is 0.269 e. The molecule has 0 bridgehead atoms. The Bertz CT molecular complexity index is 684. The molecule has 0 atom stereocenters. The van der Waals surface area contributed by atoms with Crippen LogP contribution in [0.4, 0.5) is 22.7 Å². The number of anilines is 1. The molecule has 6 nitrogen and oxygen atoms in total. The highest BCUT2D eigenvalue weighted by molar-refractivity contribution is 6.18. The van der Waals surface area contributed by atoms with Gasteiger partial charge in [0.2, 0.25) is 0 Å². The maximum atomic E-state index is 10.6. The number of rotatable bonds is 8. The molecule has 0 heterocycles. The number of nitro benzene ring substituents is 1. The molecule has 0 aromatic heterocycles. The van der Waals surface area contributed by atoms with Crippen LogP contribution in [-0.4, -0.2) is 29.8 Å². The molecular weight excluding hydrogens is 351 g/mol. The lowest BCUT2D eigenvalue weighted by Crippen LogP contribution is -2.27. The summed E-state index contributed by atoms with van der Waals surface area (Å²) in [6.07, 6.45) is 0. The molecule has 0 radical (unpaired) electrons. The standard InChI is InChI=1S/C16H16Cl2N4O2/c17-9-11-21(12-10-18)15-5-1-13(2-6-15)19-20-14-3-7-16(8-4-14)22(23)24/h1-8H,9-12H2. The molecule has 126 valence electrons. The monoisotopic (exact) mass is 366 g/mol. The summed E-state index contributed by atoms with van der Waals surface area (Å²) < 4.78 is 0. The molecule has 0 N–H and O–H groups in total. The summed E-state index contributed by atoms with van der Waals surface area (Å²) in [5.74, 6) is 1.05. The summed E-state index contributed by atoms with van der Waals surface area (Å²) in [4.78, 5) is 12.2. The van der Waals surface area contributed by atoms with Gasteiger partial charge < -0.3 is 4.90 Å². The van der Waals surface area contributed by atoms with Crippen LogP contribution in [0.25, 0.3) is 0 Å². The number of non-ortho nitro benzene ring substituents is 1. The average molecular weight is 367 g/mol. The van der Waals surface area contributed by atoms with E-state index in [9.17, 15) is 10.1 Å². The third-order valence-corrected chi connectivity index (χ3v) is 3.60. The van der Waals surface area contributed by atoms with E-state index in [0.29, 0.717) is 23.1 Å². The van der Waals surface area contributed by atoms with Crippen molar-refractivity contribution in [3.8, 4) is 0 Å². The van der Waals surface area contributed by atoms with Crippen LogP contribution >= 0.6 is 23.2 Å². The van der Waals surface area contributed by atoms with E-state index < -0.39 is 4.92 Å². The zero-order valence-electron chi connectivity index (χ0n) is 12.8. The van der Waals surface area contributed by atoms with Gasteiger partial charge in [-0.3, -0.25) is 10.1 Å². The van der Waals surface area contributed by atoms with Crippen molar-refractivity contribution in [2.45, 2.75) is 0 Å².